The number of aliphatic carboxylic acids is 2. The molecule has 2 unspecified atom stereocenters. The second kappa shape index (κ2) is 8.47. The van der Waals surface area contributed by atoms with Crippen molar-refractivity contribution in [1.29, 1.82) is 0 Å². The van der Waals surface area contributed by atoms with Crippen LogP contribution in [0.4, 0.5) is 4.79 Å². The first kappa shape index (κ1) is 25.8. The fourth-order valence-electron chi connectivity index (χ4n) is 4.99. The summed E-state index contributed by atoms with van der Waals surface area (Å²) in [6, 6.07) is -1.40. The van der Waals surface area contributed by atoms with E-state index in [1.54, 1.807) is 20.8 Å². The zero-order chi connectivity index (χ0) is 20.2. The second-order valence-electron chi connectivity index (χ2n) is 9.91. The summed E-state index contributed by atoms with van der Waals surface area (Å²) >= 11 is 0. The molecule has 29 heavy (non-hydrogen) atoms. The van der Waals surface area contributed by atoms with E-state index in [0.29, 0.717) is 5.92 Å². The van der Waals surface area contributed by atoms with Crippen molar-refractivity contribution in [3.8, 4) is 0 Å². The van der Waals surface area contributed by atoms with Gasteiger partial charge in [0.25, 0.3) is 0 Å². The molecule has 6 aliphatic rings. The van der Waals surface area contributed by atoms with Crippen LogP contribution in [0.3, 0.4) is 0 Å². The highest BCUT2D eigenvalue weighted by atomic mass is 35.5. The lowest BCUT2D eigenvalue weighted by Gasteiger charge is -2.64. The number of hydrogen-bond donors (Lipinski definition) is 4. The average molecular weight is 455 g/mol. The number of amides is 1. The van der Waals surface area contributed by atoms with Gasteiger partial charge in [-0.2, -0.15) is 0 Å². The van der Waals surface area contributed by atoms with Gasteiger partial charge in [-0.3, -0.25) is 4.79 Å². The molecular formula is C19H32Cl2N2O6. The zero-order valence-corrected chi connectivity index (χ0v) is 18.6. The van der Waals surface area contributed by atoms with Crippen molar-refractivity contribution >= 4 is 42.8 Å². The highest BCUT2D eigenvalue weighted by Gasteiger charge is 2.63. The van der Waals surface area contributed by atoms with Gasteiger partial charge in [0.1, 0.15) is 17.7 Å². The van der Waals surface area contributed by atoms with E-state index in [1.807, 2.05) is 0 Å². The number of nitrogens with one attached hydrogen (secondary N) is 1. The van der Waals surface area contributed by atoms with Gasteiger partial charge < -0.3 is 26.0 Å². The summed E-state index contributed by atoms with van der Waals surface area (Å²) in [6.07, 6.45) is 5.27. The van der Waals surface area contributed by atoms with Gasteiger partial charge in [0.15, 0.2) is 0 Å². The number of rotatable bonds is 5. The minimum atomic E-state index is -0.964. The first-order valence-electron chi connectivity index (χ1n) is 9.57. The maximum absolute atomic E-state index is 11.6. The molecule has 0 radical (unpaired) electrons. The van der Waals surface area contributed by atoms with Crippen molar-refractivity contribution in [2.45, 2.75) is 77.0 Å². The molecule has 5 N–H and O–H groups in total. The molecule has 168 valence electrons. The van der Waals surface area contributed by atoms with Gasteiger partial charge in [-0.15, -0.1) is 24.8 Å². The summed E-state index contributed by atoms with van der Waals surface area (Å²) < 4.78 is 5.09. The molecule has 0 aromatic carbocycles. The Labute approximate surface area is 183 Å². The maximum Gasteiger partial charge on any atom is 0.408 e. The molecule has 0 aliphatic heterocycles. The maximum atomic E-state index is 11.6. The van der Waals surface area contributed by atoms with Crippen LogP contribution in [0.5, 0.6) is 0 Å². The van der Waals surface area contributed by atoms with E-state index in [2.05, 4.69) is 5.32 Å². The fraction of sp³-hybridized carbons (Fsp3) is 0.842. The molecule has 1 amide bonds. The second-order valence-corrected chi connectivity index (χ2v) is 9.91. The lowest BCUT2D eigenvalue weighted by atomic mass is 9.42. The predicted molar refractivity (Wildman–Crippen MR) is 110 cm³/mol. The first-order chi connectivity index (χ1) is 12.4. The first-order valence-corrected chi connectivity index (χ1v) is 9.57. The van der Waals surface area contributed by atoms with Crippen LogP contribution < -0.4 is 11.1 Å². The molecule has 6 fully saturated rings. The van der Waals surface area contributed by atoms with Crippen molar-refractivity contribution in [3.63, 3.8) is 0 Å². The largest absolute Gasteiger partial charge is 0.480 e. The monoisotopic (exact) mass is 454 g/mol. The quantitative estimate of drug-likeness (QED) is 0.500. The molecular weight excluding hydrogens is 423 g/mol. The van der Waals surface area contributed by atoms with Gasteiger partial charge in [-0.1, -0.05) is 0 Å². The fourth-order valence-corrected chi connectivity index (χ4v) is 4.99. The van der Waals surface area contributed by atoms with E-state index < -0.39 is 35.7 Å². The van der Waals surface area contributed by atoms with Crippen molar-refractivity contribution in [1.82, 2.24) is 5.32 Å². The molecule has 0 spiro atoms. The van der Waals surface area contributed by atoms with E-state index in [-0.39, 0.29) is 35.6 Å². The number of halogens is 2. The van der Waals surface area contributed by atoms with Crippen LogP contribution in [0.15, 0.2) is 0 Å². The van der Waals surface area contributed by atoms with Gasteiger partial charge in [-0.05, 0) is 76.5 Å². The predicted octanol–water partition coefficient (Wildman–Crippen LogP) is 2.81. The zero-order valence-electron chi connectivity index (χ0n) is 17.0. The van der Waals surface area contributed by atoms with E-state index >= 15 is 0 Å². The molecule has 4 bridgehead atoms. The normalized spacial score (nSPS) is 34.2. The third kappa shape index (κ3) is 4.91. The van der Waals surface area contributed by atoms with Gasteiger partial charge in [0.05, 0.1) is 0 Å². The standard InChI is InChI=1S/C12H19NO4.C7H11NO2.2ClH/c1-11(2,3)17-10(16)13-8(9(14)15)12-4-7(5-12)6-12;8-5(6(9)10)7-1-4(2-7)3-7;;/h7-8H,4-6H2,1-3H3,(H,13,16)(H,14,15);4-5H,1-3,8H2,(H,9,10);2*1H. The van der Waals surface area contributed by atoms with Crippen LogP contribution in [0.2, 0.25) is 0 Å². The number of alkyl carbamates (subject to hydrolysis) is 1. The molecule has 0 saturated heterocycles. The van der Waals surface area contributed by atoms with E-state index in [4.69, 9.17) is 15.6 Å². The topological polar surface area (TPSA) is 139 Å². The Kier molecular flexibility index (Phi) is 7.53. The van der Waals surface area contributed by atoms with Crippen molar-refractivity contribution < 1.29 is 29.3 Å². The number of ether oxygens (including phenoxy) is 1. The summed E-state index contributed by atoms with van der Waals surface area (Å²) in [4.78, 5) is 33.2. The number of hydrogen-bond acceptors (Lipinski definition) is 5. The Morgan fingerprint density at radius 1 is 0.931 bits per heavy atom. The highest BCUT2D eigenvalue weighted by Crippen LogP contribution is 2.66. The van der Waals surface area contributed by atoms with E-state index in [0.717, 1.165) is 44.4 Å². The Hall–Kier alpha value is -1.25. The SMILES string of the molecule is CC(C)(C)OC(=O)NC(C(=O)O)C12CC(C1)C2.Cl.Cl.NC(C(=O)O)C12CC(C1)C2. The highest BCUT2D eigenvalue weighted by molar-refractivity contribution is 5.85. The molecule has 0 aromatic heterocycles. The minimum absolute atomic E-state index is 0. The molecule has 8 nitrogen and oxygen atoms in total. The van der Waals surface area contributed by atoms with Crippen LogP contribution in [0, 0.1) is 22.7 Å². The van der Waals surface area contributed by atoms with Crippen LogP contribution in [0.25, 0.3) is 0 Å². The number of carbonyl (C=O) groups is 3. The summed E-state index contributed by atoms with van der Waals surface area (Å²) in [5, 5.41) is 20.3. The smallest absolute Gasteiger partial charge is 0.408 e. The Morgan fingerprint density at radius 2 is 1.34 bits per heavy atom. The van der Waals surface area contributed by atoms with E-state index in [1.165, 1.54) is 0 Å². The van der Waals surface area contributed by atoms with Crippen LogP contribution in [-0.4, -0.2) is 45.9 Å². The van der Waals surface area contributed by atoms with E-state index in [9.17, 15) is 19.5 Å². The molecule has 6 aliphatic carbocycles. The average Bonchev–Trinajstić information content (AvgIpc) is 2.28. The molecule has 6 saturated carbocycles. The number of carboxylic acids is 2. The van der Waals surface area contributed by atoms with Gasteiger partial charge in [0.2, 0.25) is 0 Å². The van der Waals surface area contributed by atoms with Gasteiger partial charge >= 0.3 is 18.0 Å². The number of carboxylic acid groups (broad SMARTS) is 2. The van der Waals surface area contributed by atoms with Crippen LogP contribution in [-0.2, 0) is 14.3 Å². The molecule has 6 rings (SSSR count). The lowest BCUT2D eigenvalue weighted by molar-refractivity contribution is -0.169. The van der Waals surface area contributed by atoms with Gasteiger partial charge in [0, 0.05) is 5.41 Å². The molecule has 0 heterocycles. The van der Waals surface area contributed by atoms with Crippen molar-refractivity contribution in [2.75, 3.05) is 0 Å². The third-order valence-corrected chi connectivity index (χ3v) is 6.62. The van der Waals surface area contributed by atoms with Gasteiger partial charge in [-0.25, -0.2) is 9.59 Å². The molecule has 2 atom stereocenters. The third-order valence-electron chi connectivity index (χ3n) is 6.62. The summed E-state index contributed by atoms with van der Waals surface area (Å²) in [5.41, 5.74) is 4.71. The van der Waals surface area contributed by atoms with Crippen LogP contribution in [0.1, 0.15) is 59.3 Å². The Balaban J connectivity index is 0.000000301. The Bertz CT molecular complexity index is 632. The molecule has 0 aromatic rings. The summed E-state index contributed by atoms with van der Waals surface area (Å²) in [7, 11) is 0. The van der Waals surface area contributed by atoms with Crippen molar-refractivity contribution in [3.05, 3.63) is 0 Å². The lowest BCUT2D eigenvalue weighted by Crippen LogP contribution is -2.66. The Morgan fingerprint density at radius 3 is 1.55 bits per heavy atom. The summed E-state index contributed by atoms with van der Waals surface area (Å²) in [5.74, 6) is -0.310. The number of carbonyl (C=O) groups excluding carboxylic acids is 1. The van der Waals surface area contributed by atoms with Crippen molar-refractivity contribution in [2.24, 2.45) is 28.4 Å². The number of nitrogens with two attached hydrogens (primary N) is 1. The summed E-state index contributed by atoms with van der Waals surface area (Å²) in [6.45, 7) is 5.26. The van der Waals surface area contributed by atoms with Crippen LogP contribution >= 0.6 is 24.8 Å². The molecule has 10 heteroatoms. The minimum Gasteiger partial charge on any atom is -0.480 e.